The van der Waals surface area contributed by atoms with Gasteiger partial charge in [0.1, 0.15) is 0 Å². The summed E-state index contributed by atoms with van der Waals surface area (Å²) in [4.78, 5) is 6.71. The van der Waals surface area contributed by atoms with E-state index in [1.165, 1.54) is 24.1 Å². The molecule has 0 spiro atoms. The summed E-state index contributed by atoms with van der Waals surface area (Å²) >= 11 is 0. The van der Waals surface area contributed by atoms with Crippen LogP contribution in [0.5, 0.6) is 0 Å². The lowest BCUT2D eigenvalue weighted by Crippen LogP contribution is -2.25. The van der Waals surface area contributed by atoms with E-state index in [4.69, 9.17) is 4.74 Å². The maximum absolute atomic E-state index is 5.75. The molecule has 0 aromatic carbocycles. The summed E-state index contributed by atoms with van der Waals surface area (Å²) in [6.07, 6.45) is 5.85. The Balaban J connectivity index is 1.86. The van der Waals surface area contributed by atoms with Crippen LogP contribution in [0.15, 0.2) is 12.3 Å². The molecule has 1 fully saturated rings. The summed E-state index contributed by atoms with van der Waals surface area (Å²) in [5.41, 5.74) is 3.59. The minimum atomic E-state index is 0.802. The van der Waals surface area contributed by atoms with E-state index in [9.17, 15) is 0 Å². The second-order valence-electron chi connectivity index (χ2n) is 6.07. The molecular weight excluding hydrogens is 262 g/mol. The molecule has 21 heavy (non-hydrogen) atoms. The number of nitrogens with zero attached hydrogens (tertiary/aromatic N) is 2. The van der Waals surface area contributed by atoms with Crippen LogP contribution in [0.1, 0.15) is 37.4 Å². The van der Waals surface area contributed by atoms with Gasteiger partial charge in [0.2, 0.25) is 0 Å². The van der Waals surface area contributed by atoms with E-state index in [0.717, 1.165) is 50.9 Å². The quantitative estimate of drug-likeness (QED) is 0.673. The van der Waals surface area contributed by atoms with E-state index in [1.54, 1.807) is 0 Å². The van der Waals surface area contributed by atoms with Crippen molar-refractivity contribution in [3.8, 4) is 0 Å². The predicted octanol–water partition coefficient (Wildman–Crippen LogP) is 2.75. The highest BCUT2D eigenvalue weighted by molar-refractivity contribution is 5.53. The highest BCUT2D eigenvalue weighted by atomic mass is 16.5. The van der Waals surface area contributed by atoms with E-state index in [0.29, 0.717) is 0 Å². The molecule has 1 heterocycles. The molecular formula is C17H29N3O. The Bertz CT molecular complexity index is 432. The molecule has 1 aliphatic rings. The molecule has 0 amide bonds. The van der Waals surface area contributed by atoms with Crippen molar-refractivity contribution in [2.75, 3.05) is 38.3 Å². The van der Waals surface area contributed by atoms with Gasteiger partial charge >= 0.3 is 0 Å². The number of hydrogen-bond donors (Lipinski definition) is 1. The molecule has 0 aliphatic heterocycles. The highest BCUT2D eigenvalue weighted by Crippen LogP contribution is 2.28. The van der Waals surface area contributed by atoms with Gasteiger partial charge in [-0.1, -0.05) is 6.92 Å². The lowest BCUT2D eigenvalue weighted by molar-refractivity contribution is 0.131. The van der Waals surface area contributed by atoms with Crippen molar-refractivity contribution in [3.63, 3.8) is 0 Å². The summed E-state index contributed by atoms with van der Waals surface area (Å²) in [5.74, 6) is 0.840. The molecule has 0 unspecified atom stereocenters. The average molecular weight is 291 g/mol. The molecule has 118 valence electrons. The molecule has 0 atom stereocenters. The van der Waals surface area contributed by atoms with E-state index >= 15 is 0 Å². The van der Waals surface area contributed by atoms with Crippen molar-refractivity contribution in [1.29, 1.82) is 0 Å². The van der Waals surface area contributed by atoms with Crippen LogP contribution in [0.3, 0.4) is 0 Å². The van der Waals surface area contributed by atoms with Crippen LogP contribution in [-0.4, -0.2) is 38.3 Å². The van der Waals surface area contributed by atoms with Crippen LogP contribution >= 0.6 is 0 Å². The van der Waals surface area contributed by atoms with Crippen molar-refractivity contribution in [3.05, 3.63) is 23.5 Å². The van der Waals surface area contributed by atoms with Crippen molar-refractivity contribution < 1.29 is 4.74 Å². The minimum absolute atomic E-state index is 0.802. The molecule has 1 N–H and O–H groups in total. The fourth-order valence-corrected chi connectivity index (χ4v) is 2.32. The monoisotopic (exact) mass is 291 g/mol. The minimum Gasteiger partial charge on any atom is -0.379 e. The largest absolute Gasteiger partial charge is 0.379 e. The van der Waals surface area contributed by atoms with Crippen molar-refractivity contribution in [2.45, 2.75) is 39.7 Å². The van der Waals surface area contributed by atoms with Gasteiger partial charge in [-0.25, -0.2) is 0 Å². The van der Waals surface area contributed by atoms with Gasteiger partial charge < -0.3 is 15.0 Å². The van der Waals surface area contributed by atoms with E-state index in [2.05, 4.69) is 35.2 Å². The van der Waals surface area contributed by atoms with Crippen LogP contribution in [0.2, 0.25) is 0 Å². The van der Waals surface area contributed by atoms with Gasteiger partial charge in [0.25, 0.3) is 0 Å². The third-order valence-electron chi connectivity index (χ3n) is 3.87. The smallest absolute Gasteiger partial charge is 0.0641 e. The fourth-order valence-electron chi connectivity index (χ4n) is 2.32. The Morgan fingerprint density at radius 2 is 2.24 bits per heavy atom. The van der Waals surface area contributed by atoms with Crippen LogP contribution in [-0.2, 0) is 11.3 Å². The summed E-state index contributed by atoms with van der Waals surface area (Å²) in [5, 5.41) is 3.46. The zero-order chi connectivity index (χ0) is 15.1. The van der Waals surface area contributed by atoms with Gasteiger partial charge in [0.15, 0.2) is 0 Å². The first-order chi connectivity index (χ1) is 10.2. The second kappa shape index (κ2) is 8.35. The first kappa shape index (κ1) is 16.2. The zero-order valence-electron chi connectivity index (χ0n) is 13.7. The lowest BCUT2D eigenvalue weighted by atomic mass is 10.2. The predicted molar refractivity (Wildman–Crippen MR) is 87.8 cm³/mol. The molecule has 1 aromatic rings. The first-order valence-electron chi connectivity index (χ1n) is 8.15. The molecule has 4 nitrogen and oxygen atoms in total. The number of nitrogens with one attached hydrogen (secondary N) is 1. The van der Waals surface area contributed by atoms with E-state index < -0.39 is 0 Å². The number of aryl methyl sites for hydroxylation is 1. The molecule has 0 bridgehead atoms. The number of ether oxygens (including phenoxy) is 1. The van der Waals surface area contributed by atoms with Crippen molar-refractivity contribution >= 4 is 5.69 Å². The van der Waals surface area contributed by atoms with Gasteiger partial charge in [0.05, 0.1) is 6.61 Å². The average Bonchev–Trinajstić information content (AvgIpc) is 3.29. The van der Waals surface area contributed by atoms with Gasteiger partial charge in [-0.05, 0) is 44.7 Å². The number of hydrogen-bond acceptors (Lipinski definition) is 4. The number of rotatable bonds is 10. The SMILES string of the molecule is CCCNCc1cnc(C)cc1N(C)CCOCC1CC1. The summed E-state index contributed by atoms with van der Waals surface area (Å²) in [6.45, 7) is 8.82. The second-order valence-corrected chi connectivity index (χ2v) is 6.07. The first-order valence-corrected chi connectivity index (χ1v) is 8.15. The molecule has 1 aromatic heterocycles. The maximum atomic E-state index is 5.75. The van der Waals surface area contributed by atoms with Crippen molar-refractivity contribution in [1.82, 2.24) is 10.3 Å². The third-order valence-corrected chi connectivity index (χ3v) is 3.87. The molecule has 4 heteroatoms. The molecule has 1 aliphatic carbocycles. The van der Waals surface area contributed by atoms with E-state index in [-0.39, 0.29) is 0 Å². The van der Waals surface area contributed by atoms with Crippen LogP contribution in [0.25, 0.3) is 0 Å². The highest BCUT2D eigenvalue weighted by Gasteiger charge is 2.21. The van der Waals surface area contributed by atoms with Crippen LogP contribution in [0, 0.1) is 12.8 Å². The number of likely N-dealkylation sites (N-methyl/N-ethyl adjacent to an activating group) is 1. The molecule has 0 radical (unpaired) electrons. The molecule has 0 saturated heterocycles. The summed E-state index contributed by atoms with van der Waals surface area (Å²) in [7, 11) is 2.14. The standard InChI is InChI=1S/C17H29N3O/c1-4-7-18-11-16-12-19-14(2)10-17(16)20(3)8-9-21-13-15-5-6-15/h10,12,15,18H,4-9,11,13H2,1-3H3. The van der Waals surface area contributed by atoms with Gasteiger partial charge in [-0.3, -0.25) is 4.98 Å². The maximum Gasteiger partial charge on any atom is 0.0641 e. The Morgan fingerprint density at radius 1 is 1.43 bits per heavy atom. The Morgan fingerprint density at radius 3 is 2.95 bits per heavy atom. The van der Waals surface area contributed by atoms with Gasteiger partial charge in [0, 0.05) is 49.9 Å². The Hall–Kier alpha value is -1.13. The van der Waals surface area contributed by atoms with Gasteiger partial charge in [-0.15, -0.1) is 0 Å². The number of anilines is 1. The Labute approximate surface area is 128 Å². The van der Waals surface area contributed by atoms with Crippen LogP contribution in [0.4, 0.5) is 5.69 Å². The molecule has 1 saturated carbocycles. The van der Waals surface area contributed by atoms with Crippen LogP contribution < -0.4 is 10.2 Å². The van der Waals surface area contributed by atoms with Crippen molar-refractivity contribution in [2.24, 2.45) is 5.92 Å². The molecule has 2 rings (SSSR count). The fraction of sp³-hybridized carbons (Fsp3) is 0.706. The zero-order valence-corrected chi connectivity index (χ0v) is 13.7. The van der Waals surface area contributed by atoms with E-state index in [1.807, 2.05) is 13.1 Å². The Kier molecular flexibility index (Phi) is 6.46. The lowest BCUT2D eigenvalue weighted by Gasteiger charge is -2.23. The topological polar surface area (TPSA) is 37.4 Å². The third kappa shape index (κ3) is 5.64. The normalized spacial score (nSPS) is 14.4. The van der Waals surface area contributed by atoms with Gasteiger partial charge in [-0.2, -0.15) is 0 Å². The summed E-state index contributed by atoms with van der Waals surface area (Å²) in [6, 6.07) is 2.17. The number of aromatic nitrogens is 1. The number of pyridine rings is 1. The summed E-state index contributed by atoms with van der Waals surface area (Å²) < 4.78 is 5.75.